The molecule has 3 heteroatoms. The van der Waals surface area contributed by atoms with Gasteiger partial charge < -0.3 is 10.8 Å². The van der Waals surface area contributed by atoms with Crippen LogP contribution in [0.3, 0.4) is 0 Å². The molecule has 0 radical (unpaired) electrons. The molecule has 0 aromatic heterocycles. The Labute approximate surface area is 111 Å². The molecule has 1 aliphatic rings. The largest absolute Gasteiger partial charge is 0.481 e. The minimum absolute atomic E-state index is 0.121. The number of aliphatic carboxylic acids is 1. The molecule has 1 aliphatic carbocycles. The van der Waals surface area contributed by atoms with Gasteiger partial charge in [0.1, 0.15) is 0 Å². The first-order valence-electron chi connectivity index (χ1n) is 6.36. The smallest absolute Gasteiger partial charge is 0.303 e. The molecular formula is C16H15NO2. The Kier molecular flexibility index (Phi) is 2.75. The number of carboxylic acid groups (broad SMARTS) is 1. The summed E-state index contributed by atoms with van der Waals surface area (Å²) in [7, 11) is 0. The van der Waals surface area contributed by atoms with E-state index in [-0.39, 0.29) is 6.42 Å². The standard InChI is InChI=1S/C16H15NO2/c17-15-9-14-12(8-11(15)5-6-16(18)19)7-10-3-1-2-4-13(10)14/h1-4,8-9H,5-7,17H2,(H,18,19). The summed E-state index contributed by atoms with van der Waals surface area (Å²) < 4.78 is 0. The molecule has 0 saturated carbocycles. The molecule has 3 rings (SSSR count). The van der Waals surface area contributed by atoms with Crippen molar-refractivity contribution in [2.24, 2.45) is 0 Å². The Balaban J connectivity index is 1.99. The Morgan fingerprint density at radius 1 is 1.16 bits per heavy atom. The van der Waals surface area contributed by atoms with Gasteiger partial charge >= 0.3 is 5.97 Å². The number of carboxylic acids is 1. The maximum Gasteiger partial charge on any atom is 0.303 e. The average molecular weight is 253 g/mol. The van der Waals surface area contributed by atoms with Crippen LogP contribution in [0.5, 0.6) is 0 Å². The van der Waals surface area contributed by atoms with Crippen LogP contribution in [-0.2, 0) is 17.6 Å². The number of nitrogens with two attached hydrogens (primary N) is 1. The highest BCUT2D eigenvalue weighted by Crippen LogP contribution is 2.38. The predicted molar refractivity (Wildman–Crippen MR) is 75.1 cm³/mol. The van der Waals surface area contributed by atoms with Crippen LogP contribution in [0, 0.1) is 0 Å². The number of aryl methyl sites for hydroxylation is 1. The number of fused-ring (bicyclic) bond motifs is 3. The summed E-state index contributed by atoms with van der Waals surface area (Å²) in [5, 5.41) is 8.76. The third-order valence-electron chi connectivity index (χ3n) is 3.66. The molecule has 19 heavy (non-hydrogen) atoms. The number of hydrogen-bond donors (Lipinski definition) is 2. The highest BCUT2D eigenvalue weighted by atomic mass is 16.4. The maximum atomic E-state index is 10.7. The fraction of sp³-hybridized carbons (Fsp3) is 0.188. The van der Waals surface area contributed by atoms with Crippen molar-refractivity contribution >= 4 is 11.7 Å². The molecule has 0 heterocycles. The quantitative estimate of drug-likeness (QED) is 0.705. The van der Waals surface area contributed by atoms with Crippen LogP contribution in [0.25, 0.3) is 11.1 Å². The minimum atomic E-state index is -0.789. The van der Waals surface area contributed by atoms with Gasteiger partial charge in [-0.2, -0.15) is 0 Å². The van der Waals surface area contributed by atoms with Crippen LogP contribution in [-0.4, -0.2) is 11.1 Å². The maximum absolute atomic E-state index is 10.7. The molecule has 3 N–H and O–H groups in total. The number of rotatable bonds is 3. The van der Waals surface area contributed by atoms with Crippen LogP contribution < -0.4 is 5.73 Å². The van der Waals surface area contributed by atoms with Crippen molar-refractivity contribution in [2.45, 2.75) is 19.3 Å². The third-order valence-corrected chi connectivity index (χ3v) is 3.66. The Hall–Kier alpha value is -2.29. The van der Waals surface area contributed by atoms with E-state index in [0.717, 1.165) is 12.0 Å². The summed E-state index contributed by atoms with van der Waals surface area (Å²) in [6.45, 7) is 0. The molecule has 0 amide bonds. The average Bonchev–Trinajstić information content (AvgIpc) is 2.73. The number of carbonyl (C=O) groups is 1. The van der Waals surface area contributed by atoms with Crippen LogP contribution in [0.2, 0.25) is 0 Å². The molecule has 2 aromatic carbocycles. The van der Waals surface area contributed by atoms with Crippen molar-refractivity contribution in [1.29, 1.82) is 0 Å². The highest BCUT2D eigenvalue weighted by molar-refractivity contribution is 5.80. The molecule has 2 aromatic rings. The molecular weight excluding hydrogens is 238 g/mol. The van der Waals surface area contributed by atoms with Gasteiger partial charge in [0.2, 0.25) is 0 Å². The van der Waals surface area contributed by atoms with E-state index in [0.29, 0.717) is 12.1 Å². The molecule has 0 unspecified atom stereocenters. The van der Waals surface area contributed by atoms with Gasteiger partial charge in [-0.1, -0.05) is 30.3 Å². The summed E-state index contributed by atoms with van der Waals surface area (Å²) in [5.41, 5.74) is 12.7. The fourth-order valence-electron chi connectivity index (χ4n) is 2.71. The van der Waals surface area contributed by atoms with Gasteiger partial charge in [-0.15, -0.1) is 0 Å². The van der Waals surface area contributed by atoms with Gasteiger partial charge in [-0.05, 0) is 46.7 Å². The third kappa shape index (κ3) is 2.08. The molecule has 0 bridgehead atoms. The first-order valence-corrected chi connectivity index (χ1v) is 6.36. The predicted octanol–water partition coefficient (Wildman–Crippen LogP) is 2.86. The van der Waals surface area contributed by atoms with E-state index in [4.69, 9.17) is 10.8 Å². The van der Waals surface area contributed by atoms with Gasteiger partial charge in [0.05, 0.1) is 0 Å². The molecule has 0 atom stereocenters. The summed E-state index contributed by atoms with van der Waals surface area (Å²) in [6, 6.07) is 12.4. The number of benzene rings is 2. The summed E-state index contributed by atoms with van der Waals surface area (Å²) in [6.07, 6.45) is 1.52. The van der Waals surface area contributed by atoms with Gasteiger partial charge in [-0.3, -0.25) is 4.79 Å². The highest BCUT2D eigenvalue weighted by Gasteiger charge is 2.19. The normalized spacial score (nSPS) is 12.0. The van der Waals surface area contributed by atoms with Crippen LogP contribution in [0.1, 0.15) is 23.1 Å². The molecule has 0 fully saturated rings. The number of nitrogen functional groups attached to an aromatic ring is 1. The van der Waals surface area contributed by atoms with Gasteiger partial charge in [-0.25, -0.2) is 0 Å². The van der Waals surface area contributed by atoms with Crippen molar-refractivity contribution in [3.05, 3.63) is 53.1 Å². The lowest BCUT2D eigenvalue weighted by Crippen LogP contribution is -2.01. The monoisotopic (exact) mass is 253 g/mol. The van der Waals surface area contributed by atoms with Crippen LogP contribution in [0.15, 0.2) is 36.4 Å². The lowest BCUT2D eigenvalue weighted by molar-refractivity contribution is -0.136. The minimum Gasteiger partial charge on any atom is -0.481 e. The van der Waals surface area contributed by atoms with Crippen molar-refractivity contribution in [2.75, 3.05) is 5.73 Å². The lowest BCUT2D eigenvalue weighted by atomic mass is 9.99. The molecule has 3 nitrogen and oxygen atoms in total. The first-order chi connectivity index (χ1) is 9.15. The van der Waals surface area contributed by atoms with E-state index in [9.17, 15) is 4.79 Å². The van der Waals surface area contributed by atoms with Crippen molar-refractivity contribution in [1.82, 2.24) is 0 Å². The van der Waals surface area contributed by atoms with E-state index in [1.165, 1.54) is 22.3 Å². The Bertz CT molecular complexity index is 662. The van der Waals surface area contributed by atoms with Crippen LogP contribution in [0.4, 0.5) is 5.69 Å². The van der Waals surface area contributed by atoms with Gasteiger partial charge in [0.25, 0.3) is 0 Å². The second kappa shape index (κ2) is 4.43. The zero-order valence-corrected chi connectivity index (χ0v) is 10.5. The molecule has 96 valence electrons. The zero-order chi connectivity index (χ0) is 13.4. The Morgan fingerprint density at radius 2 is 1.95 bits per heavy atom. The lowest BCUT2D eigenvalue weighted by Gasteiger charge is -2.08. The van der Waals surface area contributed by atoms with Crippen LogP contribution >= 0.6 is 0 Å². The van der Waals surface area contributed by atoms with E-state index in [2.05, 4.69) is 18.2 Å². The number of anilines is 1. The Morgan fingerprint density at radius 3 is 2.74 bits per heavy atom. The number of hydrogen-bond acceptors (Lipinski definition) is 2. The summed E-state index contributed by atoms with van der Waals surface area (Å²) in [4.78, 5) is 10.7. The van der Waals surface area contributed by atoms with E-state index in [1.54, 1.807) is 0 Å². The molecule has 0 spiro atoms. The van der Waals surface area contributed by atoms with Crippen molar-refractivity contribution in [3.63, 3.8) is 0 Å². The second-order valence-corrected chi connectivity index (χ2v) is 4.94. The summed E-state index contributed by atoms with van der Waals surface area (Å²) in [5.74, 6) is -0.789. The van der Waals surface area contributed by atoms with Crippen molar-refractivity contribution < 1.29 is 9.90 Å². The first kappa shape index (κ1) is 11.8. The molecule has 0 aliphatic heterocycles. The van der Waals surface area contributed by atoms with E-state index < -0.39 is 5.97 Å². The van der Waals surface area contributed by atoms with Crippen molar-refractivity contribution in [3.8, 4) is 11.1 Å². The molecule has 0 saturated heterocycles. The topological polar surface area (TPSA) is 63.3 Å². The van der Waals surface area contributed by atoms with E-state index >= 15 is 0 Å². The zero-order valence-electron chi connectivity index (χ0n) is 10.5. The van der Waals surface area contributed by atoms with E-state index in [1.807, 2.05) is 18.2 Å². The fourth-order valence-corrected chi connectivity index (χ4v) is 2.71. The second-order valence-electron chi connectivity index (χ2n) is 4.94. The van der Waals surface area contributed by atoms with Gasteiger partial charge in [0.15, 0.2) is 0 Å². The van der Waals surface area contributed by atoms with Gasteiger partial charge in [0, 0.05) is 12.1 Å². The SMILES string of the molecule is Nc1cc2c(cc1CCC(=O)O)Cc1ccccc1-2. The summed E-state index contributed by atoms with van der Waals surface area (Å²) >= 11 is 0.